The number of aromatic nitrogens is 2. The fourth-order valence-electron chi connectivity index (χ4n) is 14.7. The number of amides is 9. The number of aliphatic hydroxyl groups excluding tert-OH is 8. The van der Waals surface area contributed by atoms with Crippen molar-refractivity contribution in [2.24, 2.45) is 0 Å². The van der Waals surface area contributed by atoms with Gasteiger partial charge in [-0.25, -0.2) is 34.0 Å². The van der Waals surface area contributed by atoms with E-state index >= 15 is 0 Å². The van der Waals surface area contributed by atoms with Crippen LogP contribution in [0.4, 0.5) is 21.0 Å². The number of anilines is 2. The first-order chi connectivity index (χ1) is 57.9. The SMILES string of the molecule is C=C1C[C@H]2C(O)N(C(=O)OCc3ccc(O[C@@H]4O[C@H](C(=O)O)[C@@H](O)[C@H](O)[C@H]4O)c(C(=O)NCCCNC(=O)[C@H](Cc4c[nH]cn4)N4C(=O)C=CC4=O)c3)c3cc(OCCCCCOc4cc5c(cc4OC)C(=O)N4CC(=C)C[C@H]4C(O)N5C(=O)OCc4ccc(O[C@@H]5O[C@H](C(=O)O)[C@@H](O)[C@H](O)[C@H]5O)c(C(=O)NCCOC)c4)c(OC)cc3C(=O)N2C1. The van der Waals surface area contributed by atoms with Gasteiger partial charge in [-0.1, -0.05) is 36.4 Å². The van der Waals surface area contributed by atoms with E-state index < -0.39 is 171 Å². The van der Waals surface area contributed by atoms with Crippen LogP contribution in [0.5, 0.6) is 34.5 Å². The Morgan fingerprint density at radius 1 is 0.545 bits per heavy atom. The summed E-state index contributed by atoms with van der Waals surface area (Å²) in [6.07, 6.45) is -20.2. The number of unbranched alkanes of at least 4 members (excludes halogenated alkanes) is 2. The zero-order valence-corrected chi connectivity index (χ0v) is 65.3. The Morgan fingerprint density at radius 2 is 1.00 bits per heavy atom. The Morgan fingerprint density at radius 3 is 1.43 bits per heavy atom. The van der Waals surface area contributed by atoms with Crippen LogP contribution in [0.1, 0.15) is 96.8 Å². The summed E-state index contributed by atoms with van der Waals surface area (Å²) in [5.74, 6) is -8.92. The number of H-pyrrole nitrogens is 1. The Bertz CT molecular complexity index is 4810. The monoisotopic (exact) mass is 1690 g/mol. The molecule has 2 unspecified atom stereocenters. The third-order valence-electron chi connectivity index (χ3n) is 20.9. The van der Waals surface area contributed by atoms with Crippen molar-refractivity contribution in [3.8, 4) is 34.5 Å². The van der Waals surface area contributed by atoms with Gasteiger partial charge >= 0.3 is 24.1 Å². The molecule has 0 aliphatic carbocycles. The fraction of sp³-hybridized carbons (Fsp3) is 0.443. The Balaban J connectivity index is 0.717. The molecule has 0 spiro atoms. The summed E-state index contributed by atoms with van der Waals surface area (Å²) in [5.41, 5.74) is 0.646. The minimum atomic E-state index is -2.11. The topological polar surface area (TPSA) is 573 Å². The van der Waals surface area contributed by atoms with Gasteiger partial charge in [-0.05, 0) is 86.1 Å². The summed E-state index contributed by atoms with van der Waals surface area (Å²) in [6.45, 7) is 6.62. The number of aromatic amines is 1. The molecule has 14 N–H and O–H groups in total. The number of aliphatic hydroxyl groups is 8. The molecular weight excluding hydrogens is 1600 g/mol. The molecule has 9 amide bonds. The lowest BCUT2D eigenvalue weighted by atomic mass is 9.99. The van der Waals surface area contributed by atoms with Crippen molar-refractivity contribution in [2.45, 2.75) is 150 Å². The summed E-state index contributed by atoms with van der Waals surface area (Å²) >= 11 is 0. The van der Waals surface area contributed by atoms with Crippen molar-refractivity contribution in [3.05, 3.63) is 149 Å². The van der Waals surface area contributed by atoms with Gasteiger partial charge in [-0.15, -0.1) is 0 Å². The van der Waals surface area contributed by atoms with E-state index in [1.54, 1.807) is 0 Å². The summed E-state index contributed by atoms with van der Waals surface area (Å²) in [7, 11) is 4.04. The van der Waals surface area contributed by atoms with Crippen molar-refractivity contribution >= 4 is 76.9 Å². The quantitative estimate of drug-likeness (QED) is 0.0139. The number of nitrogens with zero attached hydrogens (tertiary/aromatic N) is 6. The van der Waals surface area contributed by atoms with Gasteiger partial charge < -0.3 is 134 Å². The van der Waals surface area contributed by atoms with E-state index in [4.69, 9.17) is 52.1 Å². The third kappa shape index (κ3) is 19.1. The number of imide groups is 1. The Labute approximate surface area is 687 Å². The number of carboxylic acids is 2. The highest BCUT2D eigenvalue weighted by atomic mass is 16.7. The van der Waals surface area contributed by atoms with Crippen LogP contribution in [0.2, 0.25) is 0 Å². The molecule has 7 aliphatic rings. The van der Waals surface area contributed by atoms with Crippen LogP contribution >= 0.6 is 0 Å². The molecule has 0 radical (unpaired) electrons. The number of methoxy groups -OCH3 is 3. The molecule has 7 aliphatic heterocycles. The zero-order chi connectivity index (χ0) is 86.9. The first-order valence-electron chi connectivity index (χ1n) is 38.1. The van der Waals surface area contributed by atoms with Crippen LogP contribution < -0.4 is 54.2 Å². The smallest absolute Gasteiger partial charge is 0.416 e. The molecule has 8 heterocycles. The first kappa shape index (κ1) is 87.9. The largest absolute Gasteiger partial charge is 0.493 e. The van der Waals surface area contributed by atoms with Gasteiger partial charge in [-0.3, -0.25) is 38.5 Å². The number of carbonyl (C=O) groups excluding carboxylic acids is 9. The number of hydrogen-bond donors (Lipinski definition) is 14. The number of imidazole rings is 1. The number of rotatable bonds is 33. The predicted molar refractivity (Wildman–Crippen MR) is 409 cm³/mol. The average molecular weight is 1690 g/mol. The second-order valence-electron chi connectivity index (χ2n) is 29.1. The van der Waals surface area contributed by atoms with Crippen LogP contribution in [-0.2, 0) is 67.3 Å². The highest BCUT2D eigenvalue weighted by Crippen LogP contribution is 2.45. The lowest BCUT2D eigenvalue weighted by molar-refractivity contribution is -0.271. The van der Waals surface area contributed by atoms with Gasteiger partial charge in [-0.2, -0.15) is 0 Å². The molecule has 648 valence electrons. The summed E-state index contributed by atoms with van der Waals surface area (Å²) in [6, 6.07) is 9.49. The normalized spacial score (nSPS) is 24.5. The van der Waals surface area contributed by atoms with E-state index in [-0.39, 0.29) is 157 Å². The summed E-state index contributed by atoms with van der Waals surface area (Å²) < 4.78 is 62.9. The molecule has 0 saturated carbocycles. The molecule has 0 bridgehead atoms. The van der Waals surface area contributed by atoms with E-state index in [1.165, 1.54) is 104 Å². The molecule has 4 saturated heterocycles. The zero-order valence-electron chi connectivity index (χ0n) is 65.3. The Kier molecular flexibility index (Phi) is 27.9. The highest BCUT2D eigenvalue weighted by Gasteiger charge is 2.52. The standard InChI is InChI=1S/C79H90N10O32/c1-37-22-49-72(103)88(78(109)116-34-39-10-12-51(118-76-63(96)59(92)61(94)65(120-76)74(105)106)44(24-39)67(98)81-16-9-17-82-69(100)48(26-41-31-80-36-84-41)87-57(90)14-15-58(87)91)46-29-55(53(112-4)27-42(46)70(101)85(49)32-37)114-19-7-6-8-20-115-56-30-47-43(28-54(56)113-5)71(102)86-33-38(2)23-50(86)73(104)89(47)79(110)117-35-40-11-13-52(45(25-40)68(99)83-18-21-111-3)119-77-64(97)60(93)62(95)66(121-77)75(107)108/h10-15,24-25,27-31,36,48-50,59-66,72-73,76-77,92-97,103-104H,1-2,6-9,16-23,26,32-35H2,3-5H3,(H,80,84)(H,81,98)(H,82,100)(H,83,99)(H,105,106)(H,107,108)/t48-,49-,50-,59-,60-,61-,62-,63+,64+,65-,66-,72?,73?,76+,77+/m0/s1. The number of carbonyl (C=O) groups is 11. The molecule has 42 nitrogen and oxygen atoms in total. The third-order valence-corrected chi connectivity index (χ3v) is 20.9. The van der Waals surface area contributed by atoms with Crippen LogP contribution in [-0.4, -0.2) is 307 Å². The van der Waals surface area contributed by atoms with E-state index in [2.05, 4.69) is 39.1 Å². The molecule has 121 heavy (non-hydrogen) atoms. The number of nitrogens with one attached hydrogen (secondary N) is 4. The lowest BCUT2D eigenvalue weighted by Crippen LogP contribution is -2.61. The van der Waals surface area contributed by atoms with E-state index in [1.807, 2.05) is 0 Å². The van der Waals surface area contributed by atoms with Crippen molar-refractivity contribution in [2.75, 3.05) is 83.7 Å². The number of hydrogen-bond acceptors (Lipinski definition) is 31. The average Bonchev–Trinajstić information content (AvgIpc) is 1.60. The van der Waals surface area contributed by atoms with Gasteiger partial charge in [0.25, 0.3) is 35.4 Å². The Hall–Kier alpha value is -12.4. The molecule has 12 rings (SSSR count). The summed E-state index contributed by atoms with van der Waals surface area (Å²) in [4.78, 5) is 161. The van der Waals surface area contributed by atoms with E-state index in [0.717, 1.165) is 26.9 Å². The first-order valence-corrected chi connectivity index (χ1v) is 38.1. The van der Waals surface area contributed by atoms with Crippen molar-refractivity contribution < 1.29 is 156 Å². The minimum Gasteiger partial charge on any atom is -0.493 e. The number of benzene rings is 4. The lowest BCUT2D eigenvalue weighted by Gasteiger charge is -2.38. The number of aliphatic carboxylic acids is 2. The maximum Gasteiger partial charge on any atom is 0.416 e. The number of carboxylic acid groups (broad SMARTS) is 2. The van der Waals surface area contributed by atoms with Crippen molar-refractivity contribution in [1.29, 1.82) is 0 Å². The van der Waals surface area contributed by atoms with Crippen molar-refractivity contribution in [1.82, 2.24) is 40.6 Å². The molecule has 5 aromatic rings. The van der Waals surface area contributed by atoms with Crippen LogP contribution in [0.25, 0.3) is 0 Å². The number of ether oxygens (including phenoxy) is 11. The van der Waals surface area contributed by atoms with Gasteiger partial charge in [0.2, 0.25) is 18.5 Å². The molecule has 15 atom stereocenters. The van der Waals surface area contributed by atoms with E-state index in [9.17, 15) is 104 Å². The highest BCUT2D eigenvalue weighted by molar-refractivity contribution is 6.15. The van der Waals surface area contributed by atoms with Crippen LogP contribution in [0, 0.1) is 0 Å². The molecular formula is C79H90N10O32. The molecule has 4 aromatic carbocycles. The maximum atomic E-state index is 14.8. The van der Waals surface area contributed by atoms with Gasteiger partial charge in [0, 0.05) is 76.7 Å². The molecule has 1 aromatic heterocycles. The van der Waals surface area contributed by atoms with Gasteiger partial charge in [0.1, 0.15) is 67.4 Å². The molecule has 4 fully saturated rings. The molecule has 42 heteroatoms. The van der Waals surface area contributed by atoms with Crippen molar-refractivity contribution in [3.63, 3.8) is 0 Å². The minimum absolute atomic E-state index is 0.00519. The van der Waals surface area contributed by atoms with E-state index in [0.29, 0.717) is 36.1 Å². The predicted octanol–water partition coefficient (Wildman–Crippen LogP) is -0.763. The van der Waals surface area contributed by atoms with Crippen LogP contribution in [0.3, 0.4) is 0 Å². The van der Waals surface area contributed by atoms with Gasteiger partial charge in [0.15, 0.2) is 47.7 Å². The van der Waals surface area contributed by atoms with Gasteiger partial charge in [0.05, 0.1) is 91.8 Å². The second-order valence-corrected chi connectivity index (χ2v) is 29.1. The fourth-order valence-corrected chi connectivity index (χ4v) is 14.7. The summed E-state index contributed by atoms with van der Waals surface area (Å²) in [5, 5.41) is 115. The number of fused-ring (bicyclic) bond motifs is 4. The second kappa shape index (κ2) is 38.4. The maximum absolute atomic E-state index is 14.8. The van der Waals surface area contributed by atoms with Crippen LogP contribution in [0.15, 0.2) is 110 Å².